The zero-order chi connectivity index (χ0) is 15.1. The molecule has 1 rings (SSSR count). The van der Waals surface area contributed by atoms with Crippen LogP contribution < -0.4 is 22.1 Å². The van der Waals surface area contributed by atoms with E-state index in [2.05, 4.69) is 15.0 Å². The van der Waals surface area contributed by atoms with E-state index in [9.17, 15) is 9.59 Å². The van der Waals surface area contributed by atoms with Crippen molar-refractivity contribution in [3.63, 3.8) is 0 Å². The molecule has 1 aromatic rings. The molecule has 0 fully saturated rings. The highest BCUT2D eigenvalue weighted by atomic mass is 32.1. The van der Waals surface area contributed by atoms with E-state index in [0.29, 0.717) is 17.1 Å². The van der Waals surface area contributed by atoms with Crippen molar-refractivity contribution in [3.8, 4) is 0 Å². The number of carbonyl (C=O) groups excluding carboxylic acids is 2. The number of nitrogen functional groups attached to an aromatic ring is 1. The van der Waals surface area contributed by atoms with Crippen molar-refractivity contribution in [1.82, 2.24) is 9.69 Å². The van der Waals surface area contributed by atoms with Gasteiger partial charge in [-0.2, -0.15) is 4.37 Å². The first kappa shape index (κ1) is 16.2. The van der Waals surface area contributed by atoms with E-state index in [1.54, 1.807) is 0 Å². The molecule has 0 saturated carbocycles. The maximum Gasteiger partial charge on any atom is 0.258 e. The fourth-order valence-corrected chi connectivity index (χ4v) is 2.12. The minimum atomic E-state index is -0.524. The maximum absolute atomic E-state index is 12.0. The molecule has 9 heteroatoms. The molecule has 0 aliphatic carbocycles. The molecule has 20 heavy (non-hydrogen) atoms. The second-order valence-corrected chi connectivity index (χ2v) is 5.12. The predicted molar refractivity (Wildman–Crippen MR) is 77.6 cm³/mol. The molecule has 1 heterocycles. The lowest BCUT2D eigenvalue weighted by molar-refractivity contribution is -0.122. The molecule has 0 unspecified atom stereocenters. The van der Waals surface area contributed by atoms with Gasteiger partial charge in [-0.1, -0.05) is 0 Å². The number of amides is 2. The summed E-state index contributed by atoms with van der Waals surface area (Å²) in [4.78, 5) is 22.5. The van der Waals surface area contributed by atoms with Gasteiger partial charge in [0, 0.05) is 12.6 Å². The summed E-state index contributed by atoms with van der Waals surface area (Å²) in [5.74, 6) is -0.607. The van der Waals surface area contributed by atoms with Crippen LogP contribution in [0.2, 0.25) is 0 Å². The summed E-state index contributed by atoms with van der Waals surface area (Å²) in [6, 6.07) is 0.00792. The first-order chi connectivity index (χ1) is 9.41. The van der Waals surface area contributed by atoms with Crippen LogP contribution in [0.4, 0.5) is 10.8 Å². The van der Waals surface area contributed by atoms with Gasteiger partial charge < -0.3 is 26.8 Å². The number of hydrogen-bond acceptors (Lipinski definition) is 7. The maximum atomic E-state index is 12.0. The van der Waals surface area contributed by atoms with Crippen LogP contribution in [0.5, 0.6) is 0 Å². The Hall–Kier alpha value is -1.87. The van der Waals surface area contributed by atoms with Crippen LogP contribution in [0.3, 0.4) is 0 Å². The number of aromatic nitrogens is 1. The number of hydrogen-bond donors (Lipinski definition) is 4. The lowest BCUT2D eigenvalue weighted by Gasteiger charge is -2.10. The van der Waals surface area contributed by atoms with Crippen LogP contribution >= 0.6 is 11.5 Å². The number of anilines is 2. The number of rotatable bonds is 8. The topological polar surface area (TPSA) is 132 Å². The number of ether oxygens (including phenoxy) is 1. The summed E-state index contributed by atoms with van der Waals surface area (Å²) < 4.78 is 8.96. The van der Waals surface area contributed by atoms with Crippen LogP contribution in [0.1, 0.15) is 24.2 Å². The fraction of sp³-hybridized carbons (Fsp3) is 0.545. The predicted octanol–water partition coefficient (Wildman–Crippen LogP) is -0.223. The van der Waals surface area contributed by atoms with E-state index in [4.69, 9.17) is 16.2 Å². The van der Waals surface area contributed by atoms with Gasteiger partial charge in [0.1, 0.15) is 17.2 Å². The van der Waals surface area contributed by atoms with Crippen molar-refractivity contribution >= 4 is 34.2 Å². The quantitative estimate of drug-likeness (QED) is 0.491. The molecule has 1 aromatic heterocycles. The Kier molecular flexibility index (Phi) is 6.19. The van der Waals surface area contributed by atoms with Gasteiger partial charge in [-0.25, -0.2) is 0 Å². The van der Waals surface area contributed by atoms with Crippen molar-refractivity contribution in [2.24, 2.45) is 5.73 Å². The first-order valence-corrected chi connectivity index (χ1v) is 6.85. The van der Waals surface area contributed by atoms with Crippen molar-refractivity contribution in [2.75, 3.05) is 30.8 Å². The molecule has 0 bridgehead atoms. The molecule has 0 atom stereocenters. The van der Waals surface area contributed by atoms with E-state index in [1.165, 1.54) is 0 Å². The summed E-state index contributed by atoms with van der Waals surface area (Å²) in [5, 5.41) is 6.33. The molecule has 112 valence electrons. The lowest BCUT2D eigenvalue weighted by Crippen LogP contribution is -2.31. The van der Waals surface area contributed by atoms with Gasteiger partial charge >= 0.3 is 0 Å². The van der Waals surface area contributed by atoms with Crippen LogP contribution in [-0.2, 0) is 9.53 Å². The zero-order valence-electron chi connectivity index (χ0n) is 11.4. The van der Waals surface area contributed by atoms with Crippen molar-refractivity contribution < 1.29 is 14.3 Å². The van der Waals surface area contributed by atoms with E-state index >= 15 is 0 Å². The Morgan fingerprint density at radius 2 is 2.15 bits per heavy atom. The Balaban J connectivity index is 2.54. The summed E-state index contributed by atoms with van der Waals surface area (Å²) in [5.41, 5.74) is 11.0. The second kappa shape index (κ2) is 7.65. The summed E-state index contributed by atoms with van der Waals surface area (Å²) in [6.45, 7) is 4.29. The highest BCUT2D eigenvalue weighted by Gasteiger charge is 2.19. The smallest absolute Gasteiger partial charge is 0.258 e. The SMILES string of the molecule is CC(C)NC(=O)c1c(N)nsc1NCCOCC(N)=O. The van der Waals surface area contributed by atoms with Crippen molar-refractivity contribution in [1.29, 1.82) is 0 Å². The van der Waals surface area contributed by atoms with Gasteiger partial charge in [0.2, 0.25) is 5.91 Å². The second-order valence-electron chi connectivity index (χ2n) is 4.35. The minimum absolute atomic E-state index is 0.00792. The normalized spacial score (nSPS) is 10.6. The fourth-order valence-electron chi connectivity index (χ4n) is 1.39. The van der Waals surface area contributed by atoms with Crippen LogP contribution in [-0.4, -0.2) is 42.0 Å². The largest absolute Gasteiger partial charge is 0.382 e. The molecular formula is C11H19N5O3S. The third kappa shape index (κ3) is 5.02. The molecule has 2 amide bonds. The Bertz CT molecular complexity index is 475. The van der Waals surface area contributed by atoms with Gasteiger partial charge in [-0.15, -0.1) is 0 Å². The van der Waals surface area contributed by atoms with E-state index in [1.807, 2.05) is 13.8 Å². The average molecular weight is 301 g/mol. The Morgan fingerprint density at radius 1 is 1.45 bits per heavy atom. The van der Waals surface area contributed by atoms with Crippen molar-refractivity contribution in [2.45, 2.75) is 19.9 Å². The number of primary amides is 1. The number of carbonyl (C=O) groups is 2. The molecule has 0 aromatic carbocycles. The summed E-state index contributed by atoms with van der Waals surface area (Å²) in [6.07, 6.45) is 0. The first-order valence-electron chi connectivity index (χ1n) is 6.07. The number of nitrogens with two attached hydrogens (primary N) is 2. The standard InChI is InChI=1S/C11H19N5O3S/c1-6(2)15-10(18)8-9(13)16-20-11(8)14-3-4-19-5-7(12)17/h6,14H,3-5H2,1-2H3,(H2,12,17)(H2,13,16)(H,15,18). The Morgan fingerprint density at radius 3 is 2.75 bits per heavy atom. The van der Waals surface area contributed by atoms with Crippen LogP contribution in [0.25, 0.3) is 0 Å². The molecule has 0 spiro atoms. The monoisotopic (exact) mass is 301 g/mol. The van der Waals surface area contributed by atoms with Gasteiger partial charge in [0.05, 0.1) is 6.61 Å². The Labute approximate surface area is 121 Å². The van der Waals surface area contributed by atoms with Crippen LogP contribution in [0, 0.1) is 0 Å². The van der Waals surface area contributed by atoms with E-state index in [-0.39, 0.29) is 31.0 Å². The van der Waals surface area contributed by atoms with Crippen LogP contribution in [0.15, 0.2) is 0 Å². The molecule has 0 radical (unpaired) electrons. The van der Waals surface area contributed by atoms with E-state index < -0.39 is 5.91 Å². The lowest BCUT2D eigenvalue weighted by atomic mass is 10.2. The molecule has 0 saturated heterocycles. The van der Waals surface area contributed by atoms with E-state index in [0.717, 1.165) is 11.5 Å². The highest BCUT2D eigenvalue weighted by molar-refractivity contribution is 7.11. The average Bonchev–Trinajstić information content (AvgIpc) is 2.69. The molecule has 0 aliphatic rings. The number of nitrogens with zero attached hydrogens (tertiary/aromatic N) is 1. The van der Waals surface area contributed by atoms with Gasteiger partial charge in [-0.05, 0) is 25.4 Å². The van der Waals surface area contributed by atoms with Crippen molar-refractivity contribution in [3.05, 3.63) is 5.56 Å². The van der Waals surface area contributed by atoms with Gasteiger partial charge in [0.15, 0.2) is 5.82 Å². The summed E-state index contributed by atoms with van der Waals surface area (Å²) >= 11 is 1.10. The van der Waals surface area contributed by atoms with Gasteiger partial charge in [0.25, 0.3) is 5.91 Å². The third-order valence-electron chi connectivity index (χ3n) is 2.14. The highest BCUT2D eigenvalue weighted by Crippen LogP contribution is 2.26. The molecule has 0 aliphatic heterocycles. The van der Waals surface area contributed by atoms with Gasteiger partial charge in [-0.3, -0.25) is 9.59 Å². The minimum Gasteiger partial charge on any atom is -0.382 e. The third-order valence-corrected chi connectivity index (χ3v) is 2.96. The molecular weight excluding hydrogens is 282 g/mol. The molecule has 6 N–H and O–H groups in total. The summed E-state index contributed by atoms with van der Waals surface area (Å²) in [7, 11) is 0. The zero-order valence-corrected chi connectivity index (χ0v) is 12.3. The molecule has 8 nitrogen and oxygen atoms in total. The number of nitrogens with one attached hydrogen (secondary N) is 2.